The average molecular weight is 487 g/mol. The van der Waals surface area contributed by atoms with Crippen LogP contribution < -0.4 is 53.6 Å². The fraction of sp³-hybridized carbons (Fsp3) is 0.905. The Morgan fingerprint density at radius 3 is 1.52 bits per heavy atom. The summed E-state index contributed by atoms with van der Waals surface area (Å²) in [7, 11) is 0. The number of carbonyl (C=O) groups is 1. The van der Waals surface area contributed by atoms with Crippen LogP contribution in [0.1, 0.15) is 19.8 Å². The number of thiocarbonyl (C=S) groups is 1. The molecule has 192 valence electrons. The van der Waals surface area contributed by atoms with Gasteiger partial charge in [-0.15, -0.1) is 0 Å². The van der Waals surface area contributed by atoms with Crippen LogP contribution in [-0.2, 0) is 4.79 Å². The van der Waals surface area contributed by atoms with E-state index in [0.717, 1.165) is 78.3 Å². The number of amides is 1. The molecule has 3 aliphatic heterocycles. The summed E-state index contributed by atoms with van der Waals surface area (Å²) in [6.07, 6.45) is 1.99. The molecule has 0 aromatic carbocycles. The number of carbonyl (C=O) groups excluding carboxylic acids is 1. The van der Waals surface area contributed by atoms with Gasteiger partial charge in [0.1, 0.15) is 0 Å². The molecular formula is C21H46N10OS. The molecule has 11 N–H and O–H groups in total. The molecule has 11 nitrogen and oxygen atoms in total. The third kappa shape index (κ3) is 11.2. The minimum Gasteiger partial charge on any atom is -0.363 e. The lowest BCUT2D eigenvalue weighted by Crippen LogP contribution is -2.68. The summed E-state index contributed by atoms with van der Waals surface area (Å²) >= 11 is 5.63. The summed E-state index contributed by atoms with van der Waals surface area (Å²) in [5, 5.41) is 32.2. The van der Waals surface area contributed by atoms with Gasteiger partial charge in [-0.2, -0.15) is 0 Å². The Morgan fingerprint density at radius 1 is 0.758 bits per heavy atom. The molecule has 2 bridgehead atoms. The standard InChI is InChI=1S/C21H46N10OS/c1-18(32)30-20-12-23-6-9-26-15-21(16-27-10-7-24-13-20,17-28-11-8-25-14-20)31-19(33)29-5-3-2-4-22/h23-28H,2-17,22H2,1H3,(H,30,32)(H2,29,31,33). The summed E-state index contributed by atoms with van der Waals surface area (Å²) in [5.41, 5.74) is 4.94. The van der Waals surface area contributed by atoms with Crippen LogP contribution in [0.15, 0.2) is 0 Å². The van der Waals surface area contributed by atoms with Crippen LogP contribution in [0.5, 0.6) is 0 Å². The van der Waals surface area contributed by atoms with Crippen molar-refractivity contribution in [2.45, 2.75) is 30.8 Å². The number of rotatable bonds is 6. The normalized spacial score (nSPS) is 28.3. The lowest BCUT2D eigenvalue weighted by Gasteiger charge is -2.39. The molecule has 0 aromatic heterocycles. The zero-order valence-corrected chi connectivity index (χ0v) is 21.0. The minimum atomic E-state index is -0.382. The highest BCUT2D eigenvalue weighted by atomic mass is 32.1. The topological polar surface area (TPSA) is 151 Å². The first-order chi connectivity index (χ1) is 16.0. The van der Waals surface area contributed by atoms with Gasteiger partial charge in [-0.3, -0.25) is 4.79 Å². The van der Waals surface area contributed by atoms with Crippen molar-refractivity contribution in [2.75, 3.05) is 91.6 Å². The quantitative estimate of drug-likeness (QED) is 0.134. The molecule has 3 aliphatic rings. The van der Waals surface area contributed by atoms with E-state index in [1.165, 1.54) is 0 Å². The van der Waals surface area contributed by atoms with E-state index in [-0.39, 0.29) is 17.0 Å². The number of hydrogen-bond donors (Lipinski definition) is 10. The Balaban J connectivity index is 2.09. The van der Waals surface area contributed by atoms with Gasteiger partial charge in [-0.25, -0.2) is 0 Å². The van der Waals surface area contributed by atoms with Crippen LogP contribution in [0, 0.1) is 0 Å². The third-order valence-corrected chi connectivity index (χ3v) is 6.20. The summed E-state index contributed by atoms with van der Waals surface area (Å²) in [6, 6.07) is 0. The van der Waals surface area contributed by atoms with Crippen molar-refractivity contribution in [2.24, 2.45) is 5.73 Å². The molecule has 1 amide bonds. The highest BCUT2D eigenvalue weighted by Gasteiger charge is 2.32. The van der Waals surface area contributed by atoms with Gasteiger partial charge in [0.25, 0.3) is 0 Å². The highest BCUT2D eigenvalue weighted by molar-refractivity contribution is 7.80. The van der Waals surface area contributed by atoms with Crippen molar-refractivity contribution < 1.29 is 4.79 Å². The minimum absolute atomic E-state index is 0.0135. The van der Waals surface area contributed by atoms with E-state index >= 15 is 0 Å². The molecule has 3 saturated heterocycles. The van der Waals surface area contributed by atoms with Gasteiger partial charge in [0.15, 0.2) is 5.11 Å². The van der Waals surface area contributed by atoms with Gasteiger partial charge in [-0.1, -0.05) is 0 Å². The first-order valence-corrected chi connectivity index (χ1v) is 12.7. The Labute approximate surface area is 204 Å². The molecule has 3 heterocycles. The van der Waals surface area contributed by atoms with Gasteiger partial charge in [0, 0.05) is 92.0 Å². The molecule has 3 rings (SSSR count). The van der Waals surface area contributed by atoms with E-state index in [9.17, 15) is 4.79 Å². The van der Waals surface area contributed by atoms with E-state index in [4.69, 9.17) is 18.0 Å². The zero-order chi connectivity index (χ0) is 23.8. The molecule has 0 radical (unpaired) electrons. The maximum absolute atomic E-state index is 12.0. The number of nitrogens with one attached hydrogen (secondary N) is 9. The van der Waals surface area contributed by atoms with Gasteiger partial charge in [0.05, 0.1) is 11.1 Å². The number of nitrogens with two attached hydrogens (primary N) is 1. The second-order valence-corrected chi connectivity index (χ2v) is 9.59. The van der Waals surface area contributed by atoms with Gasteiger partial charge in [0.2, 0.25) is 5.91 Å². The highest BCUT2D eigenvalue weighted by Crippen LogP contribution is 2.05. The van der Waals surface area contributed by atoms with E-state index in [2.05, 4.69) is 47.9 Å². The Morgan fingerprint density at radius 2 is 1.15 bits per heavy atom. The van der Waals surface area contributed by atoms with Gasteiger partial charge in [-0.05, 0) is 31.6 Å². The van der Waals surface area contributed by atoms with Gasteiger partial charge >= 0.3 is 0 Å². The van der Waals surface area contributed by atoms with Crippen LogP contribution in [0.25, 0.3) is 0 Å². The van der Waals surface area contributed by atoms with E-state index < -0.39 is 0 Å². The second-order valence-electron chi connectivity index (χ2n) is 9.18. The average Bonchev–Trinajstić information content (AvgIpc) is 2.77. The van der Waals surface area contributed by atoms with Crippen LogP contribution >= 0.6 is 12.2 Å². The molecule has 33 heavy (non-hydrogen) atoms. The molecule has 0 saturated carbocycles. The summed E-state index contributed by atoms with van der Waals surface area (Å²) < 4.78 is 0. The van der Waals surface area contributed by atoms with Crippen LogP contribution in [0.4, 0.5) is 0 Å². The molecule has 0 aromatic rings. The largest absolute Gasteiger partial charge is 0.363 e. The zero-order valence-electron chi connectivity index (χ0n) is 20.2. The predicted molar refractivity (Wildman–Crippen MR) is 139 cm³/mol. The Hall–Kier alpha value is -1.12. The molecule has 3 fully saturated rings. The van der Waals surface area contributed by atoms with Crippen molar-refractivity contribution in [3.8, 4) is 0 Å². The monoisotopic (exact) mass is 486 g/mol. The van der Waals surface area contributed by atoms with Crippen LogP contribution in [0.2, 0.25) is 0 Å². The van der Waals surface area contributed by atoms with E-state index in [1.807, 2.05) is 0 Å². The summed E-state index contributed by atoms with van der Waals surface area (Å²) in [6.45, 7) is 12.3. The Kier molecular flexibility index (Phi) is 13.4. The smallest absolute Gasteiger partial charge is 0.217 e. The van der Waals surface area contributed by atoms with Gasteiger partial charge < -0.3 is 53.6 Å². The fourth-order valence-electron chi connectivity index (χ4n) is 4.27. The first kappa shape index (κ1) is 28.1. The molecule has 0 aliphatic carbocycles. The molecule has 12 heteroatoms. The maximum atomic E-state index is 12.0. The third-order valence-electron chi connectivity index (χ3n) is 5.95. The van der Waals surface area contributed by atoms with Crippen molar-refractivity contribution in [1.82, 2.24) is 47.9 Å². The lowest BCUT2D eigenvalue weighted by atomic mass is 9.97. The summed E-state index contributed by atoms with van der Waals surface area (Å²) in [5.74, 6) is -0.0135. The van der Waals surface area contributed by atoms with Crippen molar-refractivity contribution in [3.05, 3.63) is 0 Å². The maximum Gasteiger partial charge on any atom is 0.217 e. The van der Waals surface area contributed by atoms with Crippen molar-refractivity contribution in [3.63, 3.8) is 0 Å². The summed E-state index contributed by atoms with van der Waals surface area (Å²) in [4.78, 5) is 12.0. The number of unbranched alkanes of at least 4 members (excludes halogenated alkanes) is 1. The Bertz CT molecular complexity index is 536. The lowest BCUT2D eigenvalue weighted by molar-refractivity contribution is -0.120. The van der Waals surface area contributed by atoms with E-state index in [1.54, 1.807) is 6.92 Å². The van der Waals surface area contributed by atoms with E-state index in [0.29, 0.717) is 31.3 Å². The van der Waals surface area contributed by atoms with Crippen molar-refractivity contribution >= 4 is 23.2 Å². The molecular weight excluding hydrogens is 440 g/mol. The predicted octanol–water partition coefficient (Wildman–Crippen LogP) is -3.63. The second kappa shape index (κ2) is 15.7. The van der Waals surface area contributed by atoms with Crippen molar-refractivity contribution in [1.29, 1.82) is 0 Å². The molecule has 0 atom stereocenters. The number of hydrogen-bond acceptors (Lipinski definition) is 9. The van der Waals surface area contributed by atoms with Crippen LogP contribution in [0.3, 0.4) is 0 Å². The fourth-order valence-corrected chi connectivity index (χ4v) is 4.58. The first-order valence-electron chi connectivity index (χ1n) is 12.3. The number of fused-ring (bicyclic) bond motifs is 15. The SMILES string of the molecule is CC(=O)NC12CNCCNCC(NC(=S)NCCCCN)(CNCCNC1)CNCCNC2. The molecule has 0 spiro atoms. The van der Waals surface area contributed by atoms with Crippen LogP contribution in [-0.4, -0.2) is 114 Å². The molecule has 0 unspecified atom stereocenters.